The number of carbonyl (C=O) groups is 11. The van der Waals surface area contributed by atoms with Crippen LogP contribution in [0.15, 0.2) is 97.1 Å². The first-order chi connectivity index (χ1) is 66.0. The summed E-state index contributed by atoms with van der Waals surface area (Å²) in [5.74, 6) is -2.50. The van der Waals surface area contributed by atoms with Crippen molar-refractivity contribution in [2.45, 2.75) is 366 Å². The van der Waals surface area contributed by atoms with Gasteiger partial charge in [-0.05, 0) is 197 Å². The summed E-state index contributed by atoms with van der Waals surface area (Å²) in [5.41, 5.74) is 0.770. The van der Waals surface area contributed by atoms with E-state index in [1.807, 2.05) is 178 Å². The molecule has 141 heavy (non-hydrogen) atoms. The van der Waals surface area contributed by atoms with Crippen molar-refractivity contribution in [1.29, 1.82) is 0 Å². The van der Waals surface area contributed by atoms with E-state index >= 15 is 0 Å². The van der Waals surface area contributed by atoms with Crippen LogP contribution in [0.2, 0.25) is 0 Å². The first-order valence-electron chi connectivity index (χ1n) is 51.0. The maximum atomic E-state index is 14.0. The Bertz CT molecular complexity index is 4850. The monoisotopic (exact) mass is 1970 g/mol. The van der Waals surface area contributed by atoms with Crippen molar-refractivity contribution in [3.63, 3.8) is 0 Å². The fourth-order valence-corrected chi connectivity index (χ4v) is 19.7. The van der Waals surface area contributed by atoms with E-state index in [1.165, 1.54) is 48.5 Å². The summed E-state index contributed by atoms with van der Waals surface area (Å²) in [6.45, 7) is 52.1. The number of hydrogen-bond donors (Lipinski definition) is 6. The molecule has 7 heterocycles. The maximum Gasteiger partial charge on any atom is 0.410 e. The summed E-state index contributed by atoms with van der Waals surface area (Å²) in [6.07, 6.45) is 5.83. The van der Waals surface area contributed by atoms with Crippen molar-refractivity contribution in [2.75, 3.05) is 52.9 Å². The number of hydrogen-bond acceptors (Lipinski definition) is 16. The highest BCUT2D eigenvalue weighted by molar-refractivity contribution is 5.93. The normalized spacial score (nSPS) is 23.7. The van der Waals surface area contributed by atoms with E-state index in [1.54, 1.807) is 85.0 Å². The number of benzene rings is 4. The standard InChI is InChI=1S/C29H44FN3O5.C28H43FN4O4.C26H39FN4O4.C25H37FN2O3/c1-9-18(2)25(34)31-24(28(3,4)5)26(35)32-15-14-21-23(32)22(16-33(21)27(36)38-29(6,7)8)37-17-19-10-12-20(30)13-11-19;1-8-18(4)25(34)31-24(28(5,6)7)26(35)32-14-13-21-23(32)22(15-33(21)27(36)30-17(2)3)37-16-19-9-11-20(29)12-10-19;1-7-16(2)23(32)29-22(26(3,4)5)24(33)30-13-12-19-21(30)20(14-31(19)25(34)28-6)35-15-17-8-10-18(27)11-9-17;1-6-16(2)23(29)27-22(25(3,4)5)24(30)28-14-13-18-9-12-20(21(18)28)31-15-17-7-10-19(26)11-8-17/h10-13,18,21-24H,9,14-17H2,1-8H3,(H,31,34);9-12,17-18,21-24H,8,13-16H2,1-7H3,(H,30,36)(H,31,34);8-11,16,19-22H,7,12-15H2,1-6H3,(H,28,34)(H,29,32);7-8,10-11,16,18,20-22H,6,9,12-15H2,1-5H3,(H,27,29)/t2*18-,21-,22+,23+,24-;16-,19-,20+,21+,22-;16-,18-,20+,21+,22-/m1111/s1. The molecule has 7 aliphatic heterocycles. The molecule has 0 aromatic heterocycles. The Balaban J connectivity index is 0.000000210. The van der Waals surface area contributed by atoms with Crippen molar-refractivity contribution in [2.24, 2.45) is 51.2 Å². The van der Waals surface area contributed by atoms with Gasteiger partial charge in [-0.2, -0.15) is 0 Å². The predicted octanol–water partition coefficient (Wildman–Crippen LogP) is 15.4. The Labute approximate surface area is 834 Å². The molecule has 784 valence electrons. The Morgan fingerprint density at radius 3 is 0.844 bits per heavy atom. The zero-order valence-corrected chi connectivity index (χ0v) is 88.4. The van der Waals surface area contributed by atoms with E-state index in [9.17, 15) is 70.3 Å². The van der Waals surface area contributed by atoms with Gasteiger partial charge in [0.2, 0.25) is 47.3 Å². The zero-order chi connectivity index (χ0) is 105. The van der Waals surface area contributed by atoms with Gasteiger partial charge < -0.3 is 89.9 Å². The Kier molecular flexibility index (Phi) is 40.3. The molecule has 29 nitrogen and oxygen atoms in total. The minimum Gasteiger partial charge on any atom is -0.444 e. The number of fused-ring (bicyclic) bond motifs is 4. The second-order valence-electron chi connectivity index (χ2n) is 45.3. The minimum absolute atomic E-state index is 0.00562. The largest absolute Gasteiger partial charge is 0.444 e. The van der Waals surface area contributed by atoms with E-state index in [2.05, 4.69) is 31.9 Å². The average molecular weight is 1980 g/mol. The van der Waals surface area contributed by atoms with Crippen LogP contribution in [0.4, 0.5) is 31.9 Å². The molecule has 12 rings (SSSR count). The molecular formula is C108H163F4N13O16. The van der Waals surface area contributed by atoms with Crippen LogP contribution in [0.5, 0.6) is 0 Å². The first-order valence-corrected chi connectivity index (χ1v) is 51.0. The third-order valence-electron chi connectivity index (χ3n) is 28.8. The number of nitrogens with zero attached hydrogens (tertiary/aromatic N) is 7. The first kappa shape index (κ1) is 115. The number of nitrogens with one attached hydrogen (secondary N) is 6. The smallest absolute Gasteiger partial charge is 0.410 e. The van der Waals surface area contributed by atoms with Gasteiger partial charge in [-0.25, -0.2) is 31.9 Å². The van der Waals surface area contributed by atoms with Crippen molar-refractivity contribution < 1.29 is 94.0 Å². The Morgan fingerprint density at radius 1 is 0.326 bits per heavy atom. The van der Waals surface area contributed by atoms with Crippen LogP contribution in [-0.4, -0.2) is 255 Å². The highest BCUT2D eigenvalue weighted by Crippen LogP contribution is 2.44. The van der Waals surface area contributed by atoms with Gasteiger partial charge in [-0.1, -0.05) is 187 Å². The molecular weight excluding hydrogens is 1810 g/mol. The topological polar surface area (TPSA) is 329 Å². The lowest BCUT2D eigenvalue weighted by Crippen LogP contribution is -2.58. The van der Waals surface area contributed by atoms with Crippen LogP contribution in [0.3, 0.4) is 0 Å². The summed E-state index contributed by atoms with van der Waals surface area (Å²) in [5, 5.41) is 17.7. The summed E-state index contributed by atoms with van der Waals surface area (Å²) in [6, 6.07) is 19.9. The van der Waals surface area contributed by atoms with Crippen molar-refractivity contribution in [3.8, 4) is 0 Å². The number of carbonyl (C=O) groups excluding carboxylic acids is 11. The molecule has 13 amide bonds. The SMILES string of the molecule is CC[C@@H](C)C(=O)N[C@H](C(=O)N1CC[C@@H]2[C@H]1[C@@H](OCc1ccc(F)cc1)CN2C(=O)NC(C)C)C(C)(C)C.CC[C@@H](C)C(=O)N[C@H](C(=O)N1CC[C@@H]2[C@H]1[C@@H](OCc1ccc(F)cc1)CN2C(=O)NC)C(C)(C)C.CC[C@@H](C)C(=O)N[C@H](C(=O)N1CC[C@@H]2[C@H]1[C@@H](OCc1ccc(F)cc1)CN2C(=O)OC(C)(C)C)C(C)(C)C.CC[C@@H](C)C(=O)N[C@H](C(=O)N1CC[C@H]2CC[C@H](OCc3ccc(F)cc3)[C@H]21)C(C)(C)C. The second-order valence-corrected chi connectivity index (χ2v) is 45.3. The van der Waals surface area contributed by atoms with Gasteiger partial charge >= 0.3 is 18.2 Å². The molecule has 0 unspecified atom stereocenters. The zero-order valence-electron chi connectivity index (χ0n) is 88.4. The van der Waals surface area contributed by atoms with Gasteiger partial charge in [0.1, 0.15) is 53.0 Å². The number of amides is 13. The third-order valence-corrected chi connectivity index (χ3v) is 28.8. The highest BCUT2D eigenvalue weighted by Gasteiger charge is 2.59. The summed E-state index contributed by atoms with van der Waals surface area (Å²) in [7, 11) is 1.59. The average Bonchev–Trinajstić information content (AvgIpc) is 1.55. The van der Waals surface area contributed by atoms with Crippen LogP contribution >= 0.6 is 0 Å². The molecule has 1 saturated carbocycles. The Hall–Kier alpha value is -9.99. The van der Waals surface area contributed by atoms with E-state index < -0.39 is 70.4 Å². The number of likely N-dealkylation sites (tertiary alicyclic amines) is 7. The van der Waals surface area contributed by atoms with Crippen LogP contribution in [-0.2, 0) is 88.5 Å². The lowest BCUT2D eigenvalue weighted by atomic mass is 9.85. The second kappa shape index (κ2) is 49.5. The lowest BCUT2D eigenvalue weighted by molar-refractivity contribution is -0.143. The Morgan fingerprint density at radius 2 is 0.582 bits per heavy atom. The lowest BCUT2D eigenvalue weighted by Gasteiger charge is -2.37. The summed E-state index contributed by atoms with van der Waals surface area (Å²) < 4.78 is 83.9. The molecule has 0 radical (unpaired) electrons. The minimum atomic E-state index is -0.726. The predicted molar refractivity (Wildman–Crippen MR) is 532 cm³/mol. The number of rotatable bonds is 29. The van der Waals surface area contributed by atoms with Gasteiger partial charge in [0.15, 0.2) is 0 Å². The molecule has 1 aliphatic carbocycles. The molecule has 6 N–H and O–H groups in total. The molecule has 7 saturated heterocycles. The van der Waals surface area contributed by atoms with Crippen molar-refractivity contribution in [3.05, 3.63) is 143 Å². The van der Waals surface area contributed by atoms with Crippen LogP contribution in [0.1, 0.15) is 260 Å². The van der Waals surface area contributed by atoms with Gasteiger partial charge in [-0.3, -0.25) is 38.4 Å². The van der Waals surface area contributed by atoms with Crippen LogP contribution in [0.25, 0.3) is 0 Å². The van der Waals surface area contributed by atoms with E-state index in [-0.39, 0.29) is 192 Å². The molecule has 33 heteroatoms. The molecule has 20 atom stereocenters. The molecule has 4 aromatic carbocycles. The van der Waals surface area contributed by atoms with Crippen LogP contribution in [0, 0.1) is 74.5 Å². The number of halogens is 4. The molecule has 4 aromatic rings. The van der Waals surface area contributed by atoms with Crippen molar-refractivity contribution >= 4 is 65.4 Å². The maximum absolute atomic E-state index is 14.0. The summed E-state index contributed by atoms with van der Waals surface area (Å²) >= 11 is 0. The number of ether oxygens (including phenoxy) is 5. The quantitative estimate of drug-likeness (QED) is 0.0275. The van der Waals surface area contributed by atoms with Crippen LogP contribution < -0.4 is 31.9 Å². The fourth-order valence-electron chi connectivity index (χ4n) is 19.7. The number of urea groups is 2. The van der Waals surface area contributed by atoms with Gasteiger partial charge in [-0.15, -0.1) is 0 Å². The third kappa shape index (κ3) is 30.1. The van der Waals surface area contributed by atoms with Crippen molar-refractivity contribution in [1.82, 2.24) is 66.2 Å². The van der Waals surface area contributed by atoms with E-state index in [0.29, 0.717) is 90.3 Å². The van der Waals surface area contributed by atoms with Gasteiger partial charge in [0.05, 0.1) is 113 Å². The van der Waals surface area contributed by atoms with Gasteiger partial charge in [0, 0.05) is 62.9 Å². The van der Waals surface area contributed by atoms with E-state index in [0.717, 1.165) is 47.9 Å². The summed E-state index contributed by atoms with van der Waals surface area (Å²) in [4.78, 5) is 158. The molecule has 8 fully saturated rings. The molecule has 8 aliphatic rings. The van der Waals surface area contributed by atoms with E-state index in [4.69, 9.17) is 23.7 Å². The fraction of sp³-hybridized carbons (Fsp3) is 0.676. The molecule has 0 spiro atoms. The van der Waals surface area contributed by atoms with Gasteiger partial charge in [0.25, 0.3) is 0 Å². The molecule has 0 bridgehead atoms. The highest BCUT2D eigenvalue weighted by atomic mass is 19.1.